The molecule has 29 heavy (non-hydrogen) atoms. The molecule has 0 aromatic heterocycles. The van der Waals surface area contributed by atoms with Crippen LogP contribution in [0.5, 0.6) is 5.75 Å². The molecule has 5 aliphatic rings. The Morgan fingerprint density at radius 2 is 1.41 bits per heavy atom. The molecule has 6 atom stereocenters. The van der Waals surface area contributed by atoms with Crippen molar-refractivity contribution in [1.82, 2.24) is 0 Å². The molecular formula is C24H19NO4. The number of ether oxygens (including phenoxy) is 1. The number of anilines is 1. The fourth-order valence-corrected chi connectivity index (χ4v) is 5.66. The fraction of sp³-hybridized carbons (Fsp3) is 0.292. The summed E-state index contributed by atoms with van der Waals surface area (Å²) in [5.74, 6) is 0.262. The van der Waals surface area contributed by atoms with Gasteiger partial charge >= 0.3 is 5.97 Å². The summed E-state index contributed by atoms with van der Waals surface area (Å²) in [6, 6.07) is 15.5. The van der Waals surface area contributed by atoms with Crippen LogP contribution >= 0.6 is 0 Å². The van der Waals surface area contributed by atoms with Crippen molar-refractivity contribution >= 4 is 23.5 Å². The third-order valence-corrected chi connectivity index (χ3v) is 6.98. The van der Waals surface area contributed by atoms with Gasteiger partial charge in [-0.3, -0.25) is 9.59 Å². The minimum Gasteiger partial charge on any atom is -0.421 e. The van der Waals surface area contributed by atoms with E-state index < -0.39 is 5.97 Å². The smallest absolute Gasteiger partial charge is 0.343 e. The number of amides is 2. The van der Waals surface area contributed by atoms with Crippen LogP contribution in [0.2, 0.25) is 0 Å². The van der Waals surface area contributed by atoms with Gasteiger partial charge in [0, 0.05) is 0 Å². The Hall–Kier alpha value is -3.21. The number of nitrogens with zero attached hydrogens (tertiary/aromatic N) is 1. The van der Waals surface area contributed by atoms with Gasteiger partial charge in [-0.25, -0.2) is 9.69 Å². The zero-order valence-electron chi connectivity index (χ0n) is 15.6. The first kappa shape index (κ1) is 16.7. The number of imide groups is 1. The van der Waals surface area contributed by atoms with E-state index in [0.717, 1.165) is 6.42 Å². The van der Waals surface area contributed by atoms with E-state index in [1.165, 1.54) is 4.90 Å². The molecule has 144 valence electrons. The number of allylic oxidation sites excluding steroid dienone is 2. The maximum Gasteiger partial charge on any atom is 0.343 e. The van der Waals surface area contributed by atoms with E-state index in [4.69, 9.17) is 4.74 Å². The van der Waals surface area contributed by atoms with Gasteiger partial charge in [-0.05, 0) is 54.4 Å². The quantitative estimate of drug-likeness (QED) is 0.351. The molecule has 1 heterocycles. The molecule has 7 rings (SSSR count). The molecule has 0 radical (unpaired) electrons. The van der Waals surface area contributed by atoms with E-state index in [0.29, 0.717) is 23.1 Å². The average molecular weight is 385 g/mol. The lowest BCUT2D eigenvalue weighted by atomic mass is 9.63. The Morgan fingerprint density at radius 1 is 0.828 bits per heavy atom. The van der Waals surface area contributed by atoms with Crippen LogP contribution in [0.15, 0.2) is 66.7 Å². The van der Waals surface area contributed by atoms with E-state index in [2.05, 4.69) is 12.2 Å². The van der Waals surface area contributed by atoms with Crippen LogP contribution in [0.1, 0.15) is 16.8 Å². The third kappa shape index (κ3) is 2.30. The number of benzene rings is 2. The highest BCUT2D eigenvalue weighted by Gasteiger charge is 2.67. The highest BCUT2D eigenvalue weighted by atomic mass is 16.5. The standard InChI is InChI=1S/C24H19NO4/c26-22-20-14-10-11-15(17-12-16(14)17)21(20)23(27)25(22)18-8-4-5-9-19(18)29-24(28)13-6-2-1-3-7-13/h1-11,14-17,20-21H,12H2. The Balaban J connectivity index is 1.35. The lowest BCUT2D eigenvalue weighted by molar-refractivity contribution is -0.124. The maximum atomic E-state index is 13.3. The summed E-state index contributed by atoms with van der Waals surface area (Å²) < 4.78 is 5.59. The highest BCUT2D eigenvalue weighted by molar-refractivity contribution is 6.23. The summed E-state index contributed by atoms with van der Waals surface area (Å²) in [6.45, 7) is 0. The molecule has 2 aromatic carbocycles. The van der Waals surface area contributed by atoms with Crippen molar-refractivity contribution in [1.29, 1.82) is 0 Å². The molecule has 2 bridgehead atoms. The van der Waals surface area contributed by atoms with Gasteiger partial charge in [0.05, 0.1) is 23.1 Å². The summed E-state index contributed by atoms with van der Waals surface area (Å²) in [7, 11) is 0. The highest BCUT2D eigenvalue weighted by Crippen LogP contribution is 2.65. The molecular weight excluding hydrogens is 366 g/mol. The number of carbonyl (C=O) groups is 3. The minimum atomic E-state index is -0.516. The van der Waals surface area contributed by atoms with Crippen LogP contribution in [0.3, 0.4) is 0 Å². The first-order valence-corrected chi connectivity index (χ1v) is 10.1. The normalized spacial score (nSPS) is 33.4. The van der Waals surface area contributed by atoms with Crippen molar-refractivity contribution in [3.05, 3.63) is 72.3 Å². The van der Waals surface area contributed by atoms with E-state index in [-0.39, 0.29) is 41.2 Å². The number of esters is 1. The largest absolute Gasteiger partial charge is 0.421 e. The molecule has 0 N–H and O–H groups in total. The van der Waals surface area contributed by atoms with E-state index in [9.17, 15) is 14.4 Å². The van der Waals surface area contributed by atoms with Gasteiger partial charge in [0.15, 0.2) is 5.75 Å². The van der Waals surface area contributed by atoms with Crippen LogP contribution in [-0.4, -0.2) is 17.8 Å². The fourth-order valence-electron chi connectivity index (χ4n) is 5.66. The summed E-state index contributed by atoms with van der Waals surface area (Å²) in [4.78, 5) is 40.5. The van der Waals surface area contributed by atoms with Crippen LogP contribution in [-0.2, 0) is 9.59 Å². The first-order chi connectivity index (χ1) is 14.1. The lowest BCUT2D eigenvalue weighted by Crippen LogP contribution is -2.40. The van der Waals surface area contributed by atoms with E-state index in [1.54, 1.807) is 48.5 Å². The molecule has 3 fully saturated rings. The van der Waals surface area contributed by atoms with Gasteiger partial charge < -0.3 is 4.74 Å². The van der Waals surface area contributed by atoms with Gasteiger partial charge in [-0.15, -0.1) is 0 Å². The molecule has 6 unspecified atom stereocenters. The number of para-hydroxylation sites is 2. The van der Waals surface area contributed by atoms with Crippen LogP contribution in [0.25, 0.3) is 0 Å². The topological polar surface area (TPSA) is 63.7 Å². The zero-order chi connectivity index (χ0) is 19.7. The minimum absolute atomic E-state index is 0.159. The first-order valence-electron chi connectivity index (χ1n) is 10.1. The van der Waals surface area contributed by atoms with Crippen molar-refractivity contribution in [2.24, 2.45) is 35.5 Å². The van der Waals surface area contributed by atoms with Crippen molar-refractivity contribution < 1.29 is 19.1 Å². The second kappa shape index (κ2) is 5.89. The van der Waals surface area contributed by atoms with Crippen molar-refractivity contribution in [3.8, 4) is 5.75 Å². The molecule has 1 saturated heterocycles. The second-order valence-electron chi connectivity index (χ2n) is 8.39. The van der Waals surface area contributed by atoms with Crippen LogP contribution in [0.4, 0.5) is 5.69 Å². The Morgan fingerprint density at radius 3 is 2.07 bits per heavy atom. The molecule has 2 amide bonds. The number of rotatable bonds is 3. The van der Waals surface area contributed by atoms with E-state index >= 15 is 0 Å². The lowest BCUT2D eigenvalue weighted by Gasteiger charge is -2.37. The second-order valence-corrected chi connectivity index (χ2v) is 8.39. The molecule has 2 aromatic rings. The summed E-state index contributed by atoms with van der Waals surface area (Å²) in [6.07, 6.45) is 5.42. The summed E-state index contributed by atoms with van der Waals surface area (Å²) in [5, 5.41) is 0. The van der Waals surface area contributed by atoms with Gasteiger partial charge in [0.25, 0.3) is 0 Å². The van der Waals surface area contributed by atoms with Crippen LogP contribution < -0.4 is 9.64 Å². The molecule has 5 nitrogen and oxygen atoms in total. The van der Waals surface area contributed by atoms with Crippen molar-refractivity contribution in [2.45, 2.75) is 6.42 Å². The molecule has 0 spiro atoms. The van der Waals surface area contributed by atoms with Crippen LogP contribution in [0, 0.1) is 35.5 Å². The number of hydrogen-bond donors (Lipinski definition) is 0. The summed E-state index contributed by atoms with van der Waals surface area (Å²) in [5.41, 5.74) is 0.770. The Labute approximate surface area is 168 Å². The predicted octanol–water partition coefficient (Wildman–Crippen LogP) is 3.46. The SMILES string of the molecule is O=C(Oc1ccccc1N1C(=O)C2C3C=CC(C4CC34)C2C1=O)c1ccccc1. The summed E-state index contributed by atoms with van der Waals surface area (Å²) >= 11 is 0. The monoisotopic (exact) mass is 385 g/mol. The Kier molecular flexibility index (Phi) is 3.40. The van der Waals surface area contributed by atoms with Gasteiger partial charge in [-0.2, -0.15) is 0 Å². The third-order valence-electron chi connectivity index (χ3n) is 6.98. The van der Waals surface area contributed by atoms with E-state index in [1.807, 2.05) is 6.07 Å². The number of carbonyl (C=O) groups excluding carboxylic acids is 3. The molecule has 2 saturated carbocycles. The zero-order valence-corrected chi connectivity index (χ0v) is 15.6. The van der Waals surface area contributed by atoms with Gasteiger partial charge in [-0.1, -0.05) is 42.5 Å². The average Bonchev–Trinajstić information content (AvgIpc) is 3.53. The van der Waals surface area contributed by atoms with Crippen molar-refractivity contribution in [3.63, 3.8) is 0 Å². The predicted molar refractivity (Wildman–Crippen MR) is 105 cm³/mol. The molecule has 4 aliphatic carbocycles. The Bertz CT molecular complexity index is 1040. The van der Waals surface area contributed by atoms with Gasteiger partial charge in [0.2, 0.25) is 11.8 Å². The maximum absolute atomic E-state index is 13.3. The van der Waals surface area contributed by atoms with Crippen molar-refractivity contribution in [2.75, 3.05) is 4.90 Å². The van der Waals surface area contributed by atoms with Gasteiger partial charge in [0.1, 0.15) is 0 Å². The number of hydrogen-bond acceptors (Lipinski definition) is 4. The molecule has 5 heteroatoms. The molecule has 1 aliphatic heterocycles.